The van der Waals surface area contributed by atoms with Gasteiger partial charge in [-0.1, -0.05) is 5.92 Å². The quantitative estimate of drug-likeness (QED) is 0.837. The van der Waals surface area contributed by atoms with Crippen molar-refractivity contribution in [1.82, 2.24) is 4.90 Å². The minimum Gasteiger partial charge on any atom is -0.479 e. The van der Waals surface area contributed by atoms with Gasteiger partial charge in [0.2, 0.25) is 0 Å². The maximum absolute atomic E-state index is 13.4. The van der Waals surface area contributed by atoms with E-state index in [0.717, 1.165) is 12.8 Å². The Balaban J connectivity index is 2.02. The van der Waals surface area contributed by atoms with E-state index in [2.05, 4.69) is 11.2 Å². The second kappa shape index (κ2) is 7.66. The number of hydrogen-bond donors (Lipinski definition) is 2. The number of piperidine rings is 1. The van der Waals surface area contributed by atoms with Gasteiger partial charge in [0.05, 0.1) is 5.69 Å². The molecule has 0 aromatic heterocycles. The summed E-state index contributed by atoms with van der Waals surface area (Å²) in [6.45, 7) is 1.31. The summed E-state index contributed by atoms with van der Waals surface area (Å²) in [5.41, 5.74) is 0.254. The van der Waals surface area contributed by atoms with E-state index in [1.807, 2.05) is 0 Å². The molecule has 1 fully saturated rings. The highest BCUT2D eigenvalue weighted by atomic mass is 19.1. The Bertz CT molecular complexity index is 563. The molecule has 1 aromatic rings. The number of terminal acetylenes is 1. The van der Waals surface area contributed by atoms with E-state index >= 15 is 0 Å². The van der Waals surface area contributed by atoms with E-state index in [1.54, 1.807) is 4.90 Å². The third-order valence-corrected chi connectivity index (χ3v) is 3.65. The largest absolute Gasteiger partial charge is 0.479 e. The highest BCUT2D eigenvalue weighted by molar-refractivity contribution is 5.91. The number of aliphatic hydroxyl groups is 1. The van der Waals surface area contributed by atoms with Gasteiger partial charge in [0.15, 0.2) is 0 Å². The normalized spacial score (nSPS) is 15.2. The standard InChI is InChI=1S/C16H19FN2O3/c1-2-9-22-15-4-3-13(17)10-14(15)18-16(21)19-7-5-12(11-20)6-8-19/h1,3-4,10,12,20H,5-9,11H2,(H,18,21). The van der Waals surface area contributed by atoms with Crippen molar-refractivity contribution in [3.8, 4) is 18.1 Å². The van der Waals surface area contributed by atoms with E-state index in [0.29, 0.717) is 18.8 Å². The first-order chi connectivity index (χ1) is 10.6. The summed E-state index contributed by atoms with van der Waals surface area (Å²) in [5, 5.41) is 11.8. The number of benzene rings is 1. The van der Waals surface area contributed by atoms with Gasteiger partial charge in [-0.2, -0.15) is 0 Å². The first kappa shape index (κ1) is 16.1. The van der Waals surface area contributed by atoms with Gasteiger partial charge in [-0.25, -0.2) is 9.18 Å². The number of anilines is 1. The summed E-state index contributed by atoms with van der Waals surface area (Å²) in [7, 11) is 0. The fourth-order valence-corrected chi connectivity index (χ4v) is 2.36. The van der Waals surface area contributed by atoms with Crippen molar-refractivity contribution >= 4 is 11.7 Å². The van der Waals surface area contributed by atoms with Crippen LogP contribution in [-0.2, 0) is 0 Å². The first-order valence-electron chi connectivity index (χ1n) is 7.16. The van der Waals surface area contributed by atoms with Crippen LogP contribution in [0.1, 0.15) is 12.8 Å². The number of urea groups is 1. The number of aliphatic hydroxyl groups excluding tert-OH is 1. The Morgan fingerprint density at radius 3 is 2.86 bits per heavy atom. The first-order valence-corrected chi connectivity index (χ1v) is 7.16. The lowest BCUT2D eigenvalue weighted by Gasteiger charge is -2.31. The second-order valence-corrected chi connectivity index (χ2v) is 5.18. The van der Waals surface area contributed by atoms with Gasteiger partial charge in [-0.05, 0) is 30.9 Å². The number of nitrogens with one attached hydrogen (secondary N) is 1. The molecule has 0 saturated carbocycles. The van der Waals surface area contributed by atoms with E-state index in [-0.39, 0.29) is 30.9 Å². The summed E-state index contributed by atoms with van der Waals surface area (Å²) in [5.74, 6) is 2.43. The van der Waals surface area contributed by atoms with Gasteiger partial charge in [-0.15, -0.1) is 6.42 Å². The minimum atomic E-state index is -0.470. The molecule has 0 radical (unpaired) electrons. The summed E-state index contributed by atoms with van der Waals surface area (Å²) in [6.07, 6.45) is 6.65. The van der Waals surface area contributed by atoms with Gasteiger partial charge in [0, 0.05) is 25.8 Å². The van der Waals surface area contributed by atoms with Gasteiger partial charge >= 0.3 is 6.03 Å². The van der Waals surface area contributed by atoms with Crippen molar-refractivity contribution < 1.29 is 19.0 Å². The average Bonchev–Trinajstić information content (AvgIpc) is 2.54. The van der Waals surface area contributed by atoms with Crippen LogP contribution in [0.5, 0.6) is 5.75 Å². The number of ether oxygens (including phenoxy) is 1. The second-order valence-electron chi connectivity index (χ2n) is 5.18. The molecule has 1 aliphatic rings. The maximum atomic E-state index is 13.4. The molecule has 6 heteroatoms. The molecule has 118 valence electrons. The van der Waals surface area contributed by atoms with Crippen LogP contribution in [0, 0.1) is 24.1 Å². The van der Waals surface area contributed by atoms with Gasteiger partial charge in [-0.3, -0.25) is 0 Å². The molecular weight excluding hydrogens is 287 g/mol. The zero-order valence-electron chi connectivity index (χ0n) is 12.2. The Hall–Kier alpha value is -2.26. The number of rotatable bonds is 4. The Labute approximate surface area is 129 Å². The number of carbonyl (C=O) groups is 1. The van der Waals surface area contributed by atoms with Crippen LogP contribution >= 0.6 is 0 Å². The Morgan fingerprint density at radius 1 is 1.50 bits per heavy atom. The lowest BCUT2D eigenvalue weighted by Crippen LogP contribution is -2.41. The molecule has 1 saturated heterocycles. The van der Waals surface area contributed by atoms with Crippen molar-refractivity contribution in [1.29, 1.82) is 0 Å². The van der Waals surface area contributed by atoms with Crippen molar-refractivity contribution in [2.45, 2.75) is 12.8 Å². The predicted octanol–water partition coefficient (Wildman–Crippen LogP) is 2.07. The topological polar surface area (TPSA) is 61.8 Å². The molecule has 2 amide bonds. The van der Waals surface area contributed by atoms with E-state index < -0.39 is 5.82 Å². The highest BCUT2D eigenvalue weighted by Gasteiger charge is 2.23. The number of likely N-dealkylation sites (tertiary alicyclic amines) is 1. The molecule has 0 unspecified atom stereocenters. The van der Waals surface area contributed by atoms with E-state index in [1.165, 1.54) is 18.2 Å². The van der Waals surface area contributed by atoms with Crippen molar-refractivity contribution in [3.63, 3.8) is 0 Å². The number of halogens is 1. The van der Waals surface area contributed by atoms with Crippen LogP contribution in [-0.4, -0.2) is 42.3 Å². The summed E-state index contributed by atoms with van der Waals surface area (Å²) in [6, 6.07) is 3.56. The molecule has 1 aromatic carbocycles. The van der Waals surface area contributed by atoms with Crippen LogP contribution < -0.4 is 10.1 Å². The van der Waals surface area contributed by atoms with Gasteiger partial charge < -0.3 is 20.1 Å². The molecule has 0 atom stereocenters. The third kappa shape index (κ3) is 4.12. The molecular formula is C16H19FN2O3. The van der Waals surface area contributed by atoms with Crippen molar-refractivity contribution in [2.24, 2.45) is 5.92 Å². The maximum Gasteiger partial charge on any atom is 0.321 e. The molecule has 0 bridgehead atoms. The van der Waals surface area contributed by atoms with E-state index in [9.17, 15) is 9.18 Å². The zero-order valence-corrected chi connectivity index (χ0v) is 12.2. The van der Waals surface area contributed by atoms with Crippen molar-refractivity contribution in [2.75, 3.05) is 31.6 Å². The zero-order chi connectivity index (χ0) is 15.9. The molecule has 2 rings (SSSR count). The molecule has 5 nitrogen and oxygen atoms in total. The highest BCUT2D eigenvalue weighted by Crippen LogP contribution is 2.26. The van der Waals surface area contributed by atoms with Crippen LogP contribution in [0.25, 0.3) is 0 Å². The van der Waals surface area contributed by atoms with Crippen molar-refractivity contribution in [3.05, 3.63) is 24.0 Å². The lowest BCUT2D eigenvalue weighted by atomic mass is 9.98. The van der Waals surface area contributed by atoms with Crippen LogP contribution in [0.2, 0.25) is 0 Å². The smallest absolute Gasteiger partial charge is 0.321 e. The fraction of sp³-hybridized carbons (Fsp3) is 0.438. The Morgan fingerprint density at radius 2 is 2.23 bits per heavy atom. The molecule has 2 N–H and O–H groups in total. The molecule has 0 spiro atoms. The average molecular weight is 306 g/mol. The predicted molar refractivity (Wildman–Crippen MR) is 81.1 cm³/mol. The van der Waals surface area contributed by atoms with Gasteiger partial charge in [0.25, 0.3) is 0 Å². The number of amides is 2. The molecule has 0 aliphatic carbocycles. The number of nitrogens with zero attached hydrogens (tertiary/aromatic N) is 1. The van der Waals surface area contributed by atoms with Gasteiger partial charge in [0.1, 0.15) is 18.2 Å². The number of hydrogen-bond acceptors (Lipinski definition) is 3. The third-order valence-electron chi connectivity index (χ3n) is 3.65. The summed E-state index contributed by atoms with van der Waals surface area (Å²) in [4.78, 5) is 13.9. The summed E-state index contributed by atoms with van der Waals surface area (Å²) >= 11 is 0. The minimum absolute atomic E-state index is 0.0381. The summed E-state index contributed by atoms with van der Waals surface area (Å²) < 4.78 is 18.7. The SMILES string of the molecule is C#CCOc1ccc(F)cc1NC(=O)N1CCC(CO)CC1. The molecule has 1 heterocycles. The molecule has 1 aliphatic heterocycles. The van der Waals surface area contributed by atoms with Crippen LogP contribution in [0.4, 0.5) is 14.9 Å². The van der Waals surface area contributed by atoms with E-state index in [4.69, 9.17) is 16.3 Å². The monoisotopic (exact) mass is 306 g/mol. The lowest BCUT2D eigenvalue weighted by molar-refractivity contribution is 0.143. The number of carbonyl (C=O) groups excluding carboxylic acids is 1. The Kier molecular flexibility index (Phi) is 5.61. The fourth-order valence-electron chi connectivity index (χ4n) is 2.36. The van der Waals surface area contributed by atoms with Crippen LogP contribution in [0.3, 0.4) is 0 Å². The van der Waals surface area contributed by atoms with Crippen LogP contribution in [0.15, 0.2) is 18.2 Å². The molecule has 22 heavy (non-hydrogen) atoms.